The Hall–Kier alpha value is -0.880. The number of hydrogen-bond acceptors (Lipinski definition) is 5. The Labute approximate surface area is 69.0 Å². The van der Waals surface area contributed by atoms with Crippen LogP contribution in [0.3, 0.4) is 0 Å². The van der Waals surface area contributed by atoms with E-state index in [1.165, 1.54) is 0 Å². The second-order valence-electron chi connectivity index (χ2n) is 1.40. The number of aliphatic carboxylic acids is 1. The van der Waals surface area contributed by atoms with Crippen molar-refractivity contribution in [3.8, 4) is 0 Å². The quantitative estimate of drug-likeness (QED) is 0.284. The molecule has 1 atom stereocenters. The third-order valence-corrected chi connectivity index (χ3v) is 0.963. The SMILES string of the molecule is NC(CS)C(=O)O.O=CC=O. The Morgan fingerprint density at radius 2 is 1.91 bits per heavy atom. The molecular formula is C5H9NO4S. The second kappa shape index (κ2) is 9.12. The highest BCUT2D eigenvalue weighted by Crippen LogP contribution is 1.80. The van der Waals surface area contributed by atoms with Crippen LogP contribution in [0.1, 0.15) is 0 Å². The molecule has 6 heteroatoms. The molecular weight excluding hydrogens is 170 g/mol. The van der Waals surface area contributed by atoms with Crippen LogP contribution >= 0.6 is 12.6 Å². The maximum atomic E-state index is 9.76. The van der Waals surface area contributed by atoms with Crippen LogP contribution in [0.25, 0.3) is 0 Å². The van der Waals surface area contributed by atoms with Crippen LogP contribution in [0.2, 0.25) is 0 Å². The smallest absolute Gasteiger partial charge is 0.321 e. The van der Waals surface area contributed by atoms with E-state index in [-0.39, 0.29) is 18.3 Å². The number of carbonyl (C=O) groups is 3. The molecule has 0 amide bonds. The van der Waals surface area contributed by atoms with Crippen LogP contribution in [0, 0.1) is 0 Å². The van der Waals surface area contributed by atoms with Gasteiger partial charge in [0.15, 0.2) is 12.6 Å². The molecule has 0 aromatic heterocycles. The summed E-state index contributed by atoms with van der Waals surface area (Å²) in [4.78, 5) is 27.4. The maximum Gasteiger partial charge on any atom is 0.321 e. The summed E-state index contributed by atoms with van der Waals surface area (Å²) in [5, 5.41) is 8.01. The summed E-state index contributed by atoms with van der Waals surface area (Å²) in [6, 6.07) is -0.816. The van der Waals surface area contributed by atoms with Crippen molar-refractivity contribution in [3.05, 3.63) is 0 Å². The molecule has 0 heterocycles. The highest BCUT2D eigenvalue weighted by atomic mass is 32.1. The zero-order chi connectivity index (χ0) is 9.28. The molecule has 1 unspecified atom stereocenters. The van der Waals surface area contributed by atoms with E-state index in [2.05, 4.69) is 12.6 Å². The van der Waals surface area contributed by atoms with Gasteiger partial charge in [-0.1, -0.05) is 0 Å². The summed E-state index contributed by atoms with van der Waals surface area (Å²) in [5.74, 6) is -0.815. The lowest BCUT2D eigenvalue weighted by molar-refractivity contribution is -0.137. The van der Waals surface area contributed by atoms with Crippen molar-refractivity contribution >= 4 is 31.2 Å². The first kappa shape index (κ1) is 12.8. The number of thiol groups is 1. The van der Waals surface area contributed by atoms with E-state index < -0.39 is 12.0 Å². The monoisotopic (exact) mass is 179 g/mol. The van der Waals surface area contributed by atoms with Gasteiger partial charge < -0.3 is 10.8 Å². The van der Waals surface area contributed by atoms with Crippen LogP contribution in [-0.4, -0.2) is 35.4 Å². The Morgan fingerprint density at radius 1 is 1.55 bits per heavy atom. The molecule has 3 N–H and O–H groups in total. The summed E-state index contributed by atoms with van der Waals surface area (Å²) in [5.41, 5.74) is 4.94. The van der Waals surface area contributed by atoms with Crippen LogP contribution < -0.4 is 5.73 Å². The number of nitrogens with two attached hydrogens (primary N) is 1. The van der Waals surface area contributed by atoms with Crippen molar-refractivity contribution in [2.75, 3.05) is 5.75 Å². The predicted molar refractivity (Wildman–Crippen MR) is 41.6 cm³/mol. The summed E-state index contributed by atoms with van der Waals surface area (Å²) in [6.45, 7) is 0. The topological polar surface area (TPSA) is 97.5 Å². The van der Waals surface area contributed by atoms with Gasteiger partial charge in [-0.15, -0.1) is 0 Å². The maximum absolute atomic E-state index is 9.76. The Morgan fingerprint density at radius 3 is 1.91 bits per heavy atom. The summed E-state index contributed by atoms with van der Waals surface area (Å²) in [6.07, 6.45) is 0.389. The van der Waals surface area contributed by atoms with Gasteiger partial charge in [-0.2, -0.15) is 12.6 Å². The standard InChI is InChI=1S/C3H7NO2S.C2H2O2/c4-2(1-7)3(5)6;3-1-2-4/h2,7H,1,4H2,(H,5,6);1-2H. The van der Waals surface area contributed by atoms with E-state index in [4.69, 9.17) is 20.4 Å². The molecule has 0 saturated carbocycles. The van der Waals surface area contributed by atoms with Crippen molar-refractivity contribution in [2.45, 2.75) is 6.04 Å². The average Bonchev–Trinajstić information content (AvgIpc) is 2.03. The first-order chi connectivity index (χ1) is 5.09. The summed E-state index contributed by atoms with van der Waals surface area (Å²) in [7, 11) is 0. The van der Waals surface area contributed by atoms with Crippen LogP contribution in [0.5, 0.6) is 0 Å². The fraction of sp³-hybridized carbons (Fsp3) is 0.400. The normalized spacial score (nSPS) is 10.4. The van der Waals surface area contributed by atoms with Crippen molar-refractivity contribution in [2.24, 2.45) is 5.73 Å². The minimum atomic E-state index is -1.00. The first-order valence-electron chi connectivity index (χ1n) is 2.58. The molecule has 64 valence electrons. The van der Waals surface area contributed by atoms with Gasteiger partial charge in [0.05, 0.1) is 0 Å². The van der Waals surface area contributed by atoms with Crippen LogP contribution in [0.15, 0.2) is 0 Å². The summed E-state index contributed by atoms with van der Waals surface area (Å²) >= 11 is 3.65. The minimum absolute atomic E-state index is 0.190. The van der Waals surface area contributed by atoms with E-state index in [1.807, 2.05) is 0 Å². The lowest BCUT2D eigenvalue weighted by Gasteiger charge is -1.96. The Kier molecular flexibility index (Phi) is 10.6. The zero-order valence-corrected chi connectivity index (χ0v) is 6.53. The lowest BCUT2D eigenvalue weighted by Crippen LogP contribution is -2.31. The zero-order valence-electron chi connectivity index (χ0n) is 5.64. The third-order valence-electron chi connectivity index (χ3n) is 0.569. The van der Waals surface area contributed by atoms with Crippen molar-refractivity contribution in [1.82, 2.24) is 0 Å². The third kappa shape index (κ3) is 12.3. The van der Waals surface area contributed by atoms with Crippen LogP contribution in [-0.2, 0) is 14.4 Å². The number of carboxylic acids is 1. The fourth-order valence-corrected chi connectivity index (χ4v) is 0.234. The summed E-state index contributed by atoms with van der Waals surface area (Å²) < 4.78 is 0. The molecule has 0 aliphatic heterocycles. The fourth-order valence-electron chi connectivity index (χ4n) is 0.0781. The Balaban J connectivity index is 0. The number of rotatable bonds is 3. The van der Waals surface area contributed by atoms with Crippen molar-refractivity contribution in [3.63, 3.8) is 0 Å². The highest BCUT2D eigenvalue weighted by Gasteiger charge is 2.06. The van der Waals surface area contributed by atoms with Gasteiger partial charge in [-0.25, -0.2) is 0 Å². The molecule has 0 spiro atoms. The molecule has 0 saturated heterocycles. The lowest BCUT2D eigenvalue weighted by atomic mass is 10.4. The van der Waals surface area contributed by atoms with E-state index >= 15 is 0 Å². The molecule has 11 heavy (non-hydrogen) atoms. The Bertz CT molecular complexity index is 132. The van der Waals surface area contributed by atoms with Gasteiger partial charge in [-0.05, 0) is 0 Å². The van der Waals surface area contributed by atoms with E-state index in [1.54, 1.807) is 0 Å². The molecule has 0 rings (SSSR count). The minimum Gasteiger partial charge on any atom is -0.480 e. The molecule has 0 radical (unpaired) electrons. The average molecular weight is 179 g/mol. The van der Waals surface area contributed by atoms with Crippen LogP contribution in [0.4, 0.5) is 0 Å². The molecule has 0 bridgehead atoms. The van der Waals surface area contributed by atoms with Gasteiger partial charge in [0.1, 0.15) is 6.04 Å². The predicted octanol–water partition coefficient (Wildman–Crippen LogP) is -1.29. The van der Waals surface area contributed by atoms with Gasteiger partial charge >= 0.3 is 5.97 Å². The number of carboxylic acid groups (broad SMARTS) is 1. The van der Waals surface area contributed by atoms with Gasteiger partial charge in [0, 0.05) is 5.75 Å². The van der Waals surface area contributed by atoms with Crippen molar-refractivity contribution in [1.29, 1.82) is 0 Å². The first-order valence-corrected chi connectivity index (χ1v) is 3.21. The van der Waals surface area contributed by atoms with Gasteiger partial charge in [0.25, 0.3) is 0 Å². The molecule has 0 aliphatic rings. The molecule has 5 nitrogen and oxygen atoms in total. The molecule has 0 aliphatic carbocycles. The number of aldehydes is 2. The van der Waals surface area contributed by atoms with Gasteiger partial charge in [-0.3, -0.25) is 14.4 Å². The van der Waals surface area contributed by atoms with E-state index in [0.717, 1.165) is 0 Å². The molecule has 0 aromatic rings. The number of carbonyl (C=O) groups excluding carboxylic acids is 2. The second-order valence-corrected chi connectivity index (χ2v) is 1.76. The van der Waals surface area contributed by atoms with Gasteiger partial charge in [0.2, 0.25) is 0 Å². The molecule has 0 aromatic carbocycles. The van der Waals surface area contributed by atoms with E-state index in [0.29, 0.717) is 0 Å². The highest BCUT2D eigenvalue weighted by molar-refractivity contribution is 7.80. The molecule has 0 fully saturated rings. The van der Waals surface area contributed by atoms with E-state index in [9.17, 15) is 4.79 Å². The van der Waals surface area contributed by atoms with Crippen molar-refractivity contribution < 1.29 is 19.5 Å². The number of hydrogen-bond donors (Lipinski definition) is 3. The largest absolute Gasteiger partial charge is 0.480 e.